The molecule has 2 heterocycles. The number of nitrogens with zero attached hydrogens (tertiary/aromatic N) is 3. The van der Waals surface area contributed by atoms with Crippen LogP contribution in [0.2, 0.25) is 5.02 Å². The van der Waals surface area contributed by atoms with E-state index in [1.807, 2.05) is 25.8 Å². The van der Waals surface area contributed by atoms with Gasteiger partial charge in [0.2, 0.25) is 0 Å². The number of nitrogens with one attached hydrogen (secondary N) is 1. The summed E-state index contributed by atoms with van der Waals surface area (Å²) in [7, 11) is 1.96. The molecule has 20 heavy (non-hydrogen) atoms. The van der Waals surface area contributed by atoms with Crippen LogP contribution in [0.15, 0.2) is 11.0 Å². The Morgan fingerprint density at radius 2 is 2.30 bits per heavy atom. The van der Waals surface area contributed by atoms with Crippen LogP contribution in [0.3, 0.4) is 0 Å². The molecule has 0 aliphatic carbocycles. The first-order valence-electron chi connectivity index (χ1n) is 7.22. The highest BCUT2D eigenvalue weighted by Crippen LogP contribution is 2.21. The molecule has 1 N–H and O–H groups in total. The molecule has 1 aliphatic rings. The van der Waals surface area contributed by atoms with Gasteiger partial charge in [0, 0.05) is 19.6 Å². The predicted molar refractivity (Wildman–Crippen MR) is 82.8 cm³/mol. The van der Waals surface area contributed by atoms with E-state index in [4.69, 9.17) is 11.6 Å². The summed E-state index contributed by atoms with van der Waals surface area (Å²) in [6, 6.07) is 0.469. The Kier molecular flexibility index (Phi) is 5.05. The zero-order chi connectivity index (χ0) is 14.7. The van der Waals surface area contributed by atoms with Crippen LogP contribution in [0.25, 0.3) is 0 Å². The minimum atomic E-state index is -0.220. The Bertz CT molecular complexity index is 508. The van der Waals surface area contributed by atoms with Gasteiger partial charge < -0.3 is 10.2 Å². The zero-order valence-corrected chi connectivity index (χ0v) is 13.2. The first-order chi connectivity index (χ1) is 9.50. The summed E-state index contributed by atoms with van der Waals surface area (Å²) < 4.78 is 1.42. The lowest BCUT2D eigenvalue weighted by Gasteiger charge is -2.29. The van der Waals surface area contributed by atoms with E-state index in [2.05, 4.69) is 10.4 Å². The monoisotopic (exact) mass is 298 g/mol. The summed E-state index contributed by atoms with van der Waals surface area (Å²) >= 11 is 6.22. The largest absolute Gasteiger partial charge is 0.370 e. The normalized spacial score (nSPS) is 19.4. The van der Waals surface area contributed by atoms with Crippen LogP contribution < -0.4 is 15.8 Å². The first kappa shape index (κ1) is 15.3. The lowest BCUT2D eigenvalue weighted by molar-refractivity contribution is 0.403. The van der Waals surface area contributed by atoms with Crippen LogP contribution in [0.1, 0.15) is 39.2 Å². The van der Waals surface area contributed by atoms with Crippen LogP contribution in [0.4, 0.5) is 5.69 Å². The number of rotatable bonds is 4. The molecule has 2 rings (SSSR count). The van der Waals surface area contributed by atoms with Crippen LogP contribution in [-0.4, -0.2) is 36.0 Å². The van der Waals surface area contributed by atoms with Gasteiger partial charge in [0.15, 0.2) is 0 Å². The van der Waals surface area contributed by atoms with E-state index >= 15 is 0 Å². The Morgan fingerprint density at radius 1 is 1.55 bits per heavy atom. The van der Waals surface area contributed by atoms with Crippen molar-refractivity contribution in [2.45, 2.75) is 45.2 Å². The van der Waals surface area contributed by atoms with E-state index in [0.29, 0.717) is 11.7 Å². The fourth-order valence-electron chi connectivity index (χ4n) is 2.58. The van der Waals surface area contributed by atoms with E-state index in [9.17, 15) is 4.79 Å². The molecule has 1 fully saturated rings. The molecule has 0 bridgehead atoms. The smallest absolute Gasteiger partial charge is 0.287 e. The number of hydrogen-bond acceptors (Lipinski definition) is 4. The van der Waals surface area contributed by atoms with Crippen LogP contribution in [0.5, 0.6) is 0 Å². The van der Waals surface area contributed by atoms with Crippen LogP contribution in [-0.2, 0) is 0 Å². The molecular formula is C14H23ClN4O. The van der Waals surface area contributed by atoms with Gasteiger partial charge in [-0.25, -0.2) is 4.68 Å². The summed E-state index contributed by atoms with van der Waals surface area (Å²) in [6.45, 7) is 5.74. The van der Waals surface area contributed by atoms with Crippen molar-refractivity contribution in [3.8, 4) is 0 Å². The summed E-state index contributed by atoms with van der Waals surface area (Å²) in [6.07, 6.45) is 5.35. The van der Waals surface area contributed by atoms with E-state index in [-0.39, 0.29) is 16.6 Å². The molecule has 6 heteroatoms. The number of likely N-dealkylation sites (N-methyl/N-ethyl adjacent to an activating group) is 1. The summed E-state index contributed by atoms with van der Waals surface area (Å²) in [5, 5.41) is 7.96. The number of anilines is 1. The highest BCUT2D eigenvalue weighted by molar-refractivity contribution is 6.33. The molecule has 0 aromatic carbocycles. The average Bonchev–Trinajstić information content (AvgIpc) is 2.42. The van der Waals surface area contributed by atoms with Gasteiger partial charge in [0.25, 0.3) is 5.56 Å². The van der Waals surface area contributed by atoms with Gasteiger partial charge in [-0.15, -0.1) is 0 Å². The molecule has 1 aromatic rings. The van der Waals surface area contributed by atoms with Gasteiger partial charge in [0.05, 0.1) is 17.9 Å². The first-order valence-corrected chi connectivity index (χ1v) is 7.60. The minimum Gasteiger partial charge on any atom is -0.370 e. The van der Waals surface area contributed by atoms with E-state index in [1.165, 1.54) is 23.9 Å². The third-order valence-corrected chi connectivity index (χ3v) is 4.09. The van der Waals surface area contributed by atoms with E-state index < -0.39 is 0 Å². The second-order valence-corrected chi connectivity index (χ2v) is 6.09. The van der Waals surface area contributed by atoms with Crippen LogP contribution in [0, 0.1) is 0 Å². The maximum atomic E-state index is 12.2. The SMILES string of the molecule is CC(C)n1ncc(N(C)CC2CCCCN2)c(Cl)c1=O. The Labute approximate surface area is 124 Å². The molecule has 1 aromatic heterocycles. The van der Waals surface area contributed by atoms with Crippen molar-refractivity contribution in [3.05, 3.63) is 21.6 Å². The molecule has 1 unspecified atom stereocenters. The van der Waals surface area contributed by atoms with Crippen molar-refractivity contribution in [3.63, 3.8) is 0 Å². The molecule has 1 atom stereocenters. The second-order valence-electron chi connectivity index (χ2n) is 5.71. The number of piperidine rings is 1. The van der Waals surface area contributed by atoms with Crippen molar-refractivity contribution < 1.29 is 0 Å². The van der Waals surface area contributed by atoms with Gasteiger partial charge >= 0.3 is 0 Å². The molecule has 0 saturated carbocycles. The fraction of sp³-hybridized carbons (Fsp3) is 0.714. The van der Waals surface area contributed by atoms with Crippen molar-refractivity contribution in [2.24, 2.45) is 0 Å². The predicted octanol–water partition coefficient (Wildman–Crippen LogP) is 2.06. The van der Waals surface area contributed by atoms with Gasteiger partial charge in [-0.05, 0) is 33.2 Å². The Balaban J connectivity index is 2.15. The maximum Gasteiger partial charge on any atom is 0.287 e. The quantitative estimate of drug-likeness (QED) is 0.924. The molecular weight excluding hydrogens is 276 g/mol. The fourth-order valence-corrected chi connectivity index (χ4v) is 2.86. The van der Waals surface area contributed by atoms with Crippen molar-refractivity contribution in [1.29, 1.82) is 0 Å². The molecule has 112 valence electrons. The second kappa shape index (κ2) is 6.59. The number of halogens is 1. The molecule has 0 amide bonds. The minimum absolute atomic E-state index is 0.0133. The highest BCUT2D eigenvalue weighted by Gasteiger charge is 2.18. The molecule has 0 radical (unpaired) electrons. The Hall–Kier alpha value is -1.07. The number of hydrogen-bond donors (Lipinski definition) is 1. The Morgan fingerprint density at radius 3 is 2.90 bits per heavy atom. The van der Waals surface area contributed by atoms with E-state index in [0.717, 1.165) is 13.1 Å². The van der Waals surface area contributed by atoms with Gasteiger partial charge in [-0.2, -0.15) is 5.10 Å². The molecule has 5 nitrogen and oxygen atoms in total. The maximum absolute atomic E-state index is 12.2. The molecule has 1 saturated heterocycles. The average molecular weight is 299 g/mol. The van der Waals surface area contributed by atoms with Crippen molar-refractivity contribution >= 4 is 17.3 Å². The number of aromatic nitrogens is 2. The van der Waals surface area contributed by atoms with Crippen molar-refractivity contribution in [2.75, 3.05) is 25.0 Å². The van der Waals surface area contributed by atoms with Gasteiger partial charge in [-0.1, -0.05) is 18.0 Å². The lowest BCUT2D eigenvalue weighted by atomic mass is 10.0. The third-order valence-electron chi connectivity index (χ3n) is 3.73. The van der Waals surface area contributed by atoms with Crippen LogP contribution >= 0.6 is 11.6 Å². The molecule has 1 aliphatic heterocycles. The zero-order valence-electron chi connectivity index (χ0n) is 12.4. The van der Waals surface area contributed by atoms with Gasteiger partial charge in [0.1, 0.15) is 5.02 Å². The standard InChI is InChI=1S/C14H23ClN4O/c1-10(2)19-14(20)13(15)12(8-17-19)18(3)9-11-6-4-5-7-16-11/h8,10-11,16H,4-7,9H2,1-3H3. The van der Waals surface area contributed by atoms with Crippen molar-refractivity contribution in [1.82, 2.24) is 15.1 Å². The highest BCUT2D eigenvalue weighted by atomic mass is 35.5. The molecule has 0 spiro atoms. The van der Waals surface area contributed by atoms with Gasteiger partial charge in [-0.3, -0.25) is 4.79 Å². The summed E-state index contributed by atoms with van der Waals surface area (Å²) in [5.74, 6) is 0. The summed E-state index contributed by atoms with van der Waals surface area (Å²) in [4.78, 5) is 14.2. The third kappa shape index (κ3) is 3.33. The summed E-state index contributed by atoms with van der Waals surface area (Å²) in [5.41, 5.74) is 0.489. The lowest BCUT2D eigenvalue weighted by Crippen LogP contribution is -2.43. The van der Waals surface area contributed by atoms with E-state index in [1.54, 1.807) is 6.20 Å². The topological polar surface area (TPSA) is 50.2 Å².